The van der Waals surface area contributed by atoms with Gasteiger partial charge in [0.15, 0.2) is 5.82 Å². The fraction of sp³-hybridized carbons (Fsp3) is 0.286. The van der Waals surface area contributed by atoms with Gasteiger partial charge in [-0.05, 0) is 54.3 Å². The molecule has 1 heterocycles. The second-order valence-corrected chi connectivity index (χ2v) is 7.56. The molecule has 0 fully saturated rings. The third kappa shape index (κ3) is 5.85. The molecule has 0 unspecified atom stereocenters. The molecule has 0 saturated carbocycles. The van der Waals surface area contributed by atoms with E-state index in [1.807, 2.05) is 0 Å². The molecule has 0 aliphatic heterocycles. The molecule has 0 aliphatic carbocycles. The Kier molecular flexibility index (Phi) is 6.71. The Bertz CT molecular complexity index is 908. The number of nitrogens with one attached hydrogen (secondary N) is 1. The number of benzene rings is 2. The highest BCUT2D eigenvalue weighted by atomic mass is 32.1. The van der Waals surface area contributed by atoms with Gasteiger partial charge in [-0.25, -0.2) is 4.39 Å². The summed E-state index contributed by atoms with van der Waals surface area (Å²) in [5.41, 5.74) is 1.52. The number of amides is 1. The van der Waals surface area contributed by atoms with E-state index in [0.717, 1.165) is 23.5 Å². The first kappa shape index (κ1) is 19.9. The quantitative estimate of drug-likeness (QED) is 0.589. The van der Waals surface area contributed by atoms with Crippen molar-refractivity contribution in [3.8, 4) is 10.9 Å². The van der Waals surface area contributed by atoms with E-state index >= 15 is 0 Å². The van der Waals surface area contributed by atoms with Crippen LogP contribution < -0.4 is 10.1 Å². The van der Waals surface area contributed by atoms with Gasteiger partial charge in [0.2, 0.25) is 0 Å². The van der Waals surface area contributed by atoms with E-state index in [1.165, 1.54) is 12.1 Å². The summed E-state index contributed by atoms with van der Waals surface area (Å²) in [7, 11) is 0. The summed E-state index contributed by atoms with van der Waals surface area (Å²) in [6, 6.07) is 13.2. The minimum Gasteiger partial charge on any atom is -0.430 e. The molecule has 3 rings (SSSR count). The van der Waals surface area contributed by atoms with Gasteiger partial charge in [-0.3, -0.25) is 4.79 Å². The van der Waals surface area contributed by atoms with E-state index in [-0.39, 0.29) is 11.7 Å². The summed E-state index contributed by atoms with van der Waals surface area (Å²) in [6.45, 7) is 4.91. The van der Waals surface area contributed by atoms with Crippen molar-refractivity contribution >= 4 is 17.4 Å². The van der Waals surface area contributed by atoms with Crippen molar-refractivity contribution in [2.24, 2.45) is 5.92 Å². The Hall–Kier alpha value is -2.80. The molecule has 7 heteroatoms. The second kappa shape index (κ2) is 9.41. The van der Waals surface area contributed by atoms with Gasteiger partial charge < -0.3 is 10.1 Å². The molecule has 1 amide bonds. The lowest BCUT2D eigenvalue weighted by molar-refractivity contribution is 0.0952. The Morgan fingerprint density at radius 1 is 1.14 bits per heavy atom. The van der Waals surface area contributed by atoms with Crippen LogP contribution in [0.1, 0.15) is 42.0 Å². The van der Waals surface area contributed by atoms with Gasteiger partial charge in [0, 0.05) is 30.1 Å². The van der Waals surface area contributed by atoms with Crippen molar-refractivity contribution in [2.45, 2.75) is 26.7 Å². The number of ether oxygens (including phenoxy) is 1. The molecule has 0 spiro atoms. The Balaban J connectivity index is 1.55. The fourth-order valence-electron chi connectivity index (χ4n) is 2.49. The molecule has 0 bridgehead atoms. The average molecular weight is 399 g/mol. The third-order valence-electron chi connectivity index (χ3n) is 4.05. The number of carbonyl (C=O) groups is 1. The predicted molar refractivity (Wildman–Crippen MR) is 107 cm³/mol. The number of rotatable bonds is 8. The Labute approximate surface area is 167 Å². The first-order valence-electron chi connectivity index (χ1n) is 9.13. The van der Waals surface area contributed by atoms with Crippen molar-refractivity contribution in [3.63, 3.8) is 0 Å². The number of halogens is 1. The summed E-state index contributed by atoms with van der Waals surface area (Å²) in [5, 5.41) is 3.33. The third-order valence-corrected chi connectivity index (χ3v) is 4.69. The van der Waals surface area contributed by atoms with Crippen LogP contribution in [0.25, 0.3) is 0 Å². The molecule has 0 saturated heterocycles. The SMILES string of the molecule is CC(C)CCNC(=O)c1ccc(Oc2nc(Cc3ccc(F)cc3)ns2)cc1. The van der Waals surface area contributed by atoms with Crippen LogP contribution in [-0.2, 0) is 6.42 Å². The maximum atomic E-state index is 13.0. The summed E-state index contributed by atoms with van der Waals surface area (Å²) in [6.07, 6.45) is 1.46. The van der Waals surface area contributed by atoms with Crippen LogP contribution in [0.2, 0.25) is 0 Å². The minimum absolute atomic E-state index is 0.0929. The van der Waals surface area contributed by atoms with Crippen molar-refractivity contribution in [1.29, 1.82) is 0 Å². The van der Waals surface area contributed by atoms with Crippen molar-refractivity contribution in [2.75, 3.05) is 6.54 Å². The highest BCUT2D eigenvalue weighted by molar-refractivity contribution is 7.07. The summed E-state index contributed by atoms with van der Waals surface area (Å²) >= 11 is 1.15. The highest BCUT2D eigenvalue weighted by Gasteiger charge is 2.09. The number of hydrogen-bond acceptors (Lipinski definition) is 5. The van der Waals surface area contributed by atoms with Crippen LogP contribution in [0.3, 0.4) is 0 Å². The maximum Gasteiger partial charge on any atom is 0.298 e. The van der Waals surface area contributed by atoms with Gasteiger partial charge in [-0.15, -0.1) is 0 Å². The van der Waals surface area contributed by atoms with Gasteiger partial charge in [0.1, 0.15) is 11.6 Å². The largest absolute Gasteiger partial charge is 0.430 e. The van der Waals surface area contributed by atoms with Crippen LogP contribution in [0.5, 0.6) is 10.9 Å². The Morgan fingerprint density at radius 2 is 1.86 bits per heavy atom. The van der Waals surface area contributed by atoms with E-state index in [2.05, 4.69) is 28.5 Å². The molecule has 0 atom stereocenters. The van der Waals surface area contributed by atoms with Gasteiger partial charge in [0.05, 0.1) is 0 Å². The van der Waals surface area contributed by atoms with E-state index in [9.17, 15) is 9.18 Å². The van der Waals surface area contributed by atoms with Crippen LogP contribution in [-0.4, -0.2) is 21.8 Å². The molecular weight excluding hydrogens is 377 g/mol. The average Bonchev–Trinajstić information content (AvgIpc) is 3.10. The number of carbonyl (C=O) groups excluding carboxylic acids is 1. The molecule has 3 aromatic rings. The van der Waals surface area contributed by atoms with Crippen molar-refractivity contribution in [1.82, 2.24) is 14.7 Å². The van der Waals surface area contributed by atoms with Crippen molar-refractivity contribution < 1.29 is 13.9 Å². The normalized spacial score (nSPS) is 10.9. The molecular formula is C21H22FN3O2S. The minimum atomic E-state index is -0.268. The smallest absolute Gasteiger partial charge is 0.298 e. The van der Waals surface area contributed by atoms with Crippen LogP contribution in [0, 0.1) is 11.7 Å². The summed E-state index contributed by atoms with van der Waals surface area (Å²) in [4.78, 5) is 16.4. The van der Waals surface area contributed by atoms with Crippen LogP contribution in [0.4, 0.5) is 4.39 Å². The van der Waals surface area contributed by atoms with Gasteiger partial charge >= 0.3 is 0 Å². The molecule has 1 N–H and O–H groups in total. The van der Waals surface area contributed by atoms with E-state index in [1.54, 1.807) is 36.4 Å². The van der Waals surface area contributed by atoms with Crippen LogP contribution in [0.15, 0.2) is 48.5 Å². The summed E-state index contributed by atoms with van der Waals surface area (Å²) < 4.78 is 23.0. The lowest BCUT2D eigenvalue weighted by atomic mass is 10.1. The number of hydrogen-bond donors (Lipinski definition) is 1. The van der Waals surface area contributed by atoms with E-state index < -0.39 is 0 Å². The second-order valence-electron chi connectivity index (χ2n) is 6.84. The molecule has 28 heavy (non-hydrogen) atoms. The number of aromatic nitrogens is 2. The van der Waals surface area contributed by atoms with Gasteiger partial charge in [-0.2, -0.15) is 9.36 Å². The number of nitrogens with zero attached hydrogens (tertiary/aromatic N) is 2. The van der Waals surface area contributed by atoms with Crippen LogP contribution >= 0.6 is 11.5 Å². The first-order chi connectivity index (χ1) is 13.5. The fourth-order valence-corrected chi connectivity index (χ4v) is 3.06. The van der Waals surface area contributed by atoms with Gasteiger partial charge in [-0.1, -0.05) is 26.0 Å². The first-order valence-corrected chi connectivity index (χ1v) is 9.90. The molecule has 146 valence electrons. The molecule has 1 aromatic heterocycles. The zero-order valence-corrected chi connectivity index (χ0v) is 16.6. The zero-order valence-electron chi connectivity index (χ0n) is 15.8. The predicted octanol–water partition coefficient (Wildman–Crippen LogP) is 4.84. The molecule has 5 nitrogen and oxygen atoms in total. The topological polar surface area (TPSA) is 64.1 Å². The molecule has 2 aromatic carbocycles. The highest BCUT2D eigenvalue weighted by Crippen LogP contribution is 2.24. The molecule has 0 aliphatic rings. The zero-order chi connectivity index (χ0) is 19.9. The van der Waals surface area contributed by atoms with E-state index in [4.69, 9.17) is 4.74 Å². The summed E-state index contributed by atoms with van der Waals surface area (Å²) in [5.74, 6) is 1.40. The standard InChI is InChI=1S/C21H22FN3O2S/c1-14(2)11-12-23-20(26)16-5-9-18(10-6-16)27-21-24-19(25-28-21)13-15-3-7-17(22)8-4-15/h3-10,14H,11-13H2,1-2H3,(H,23,26). The Morgan fingerprint density at radius 3 is 2.54 bits per heavy atom. The molecule has 0 radical (unpaired) electrons. The van der Waals surface area contributed by atoms with Crippen molar-refractivity contribution in [3.05, 3.63) is 71.3 Å². The lowest BCUT2D eigenvalue weighted by Crippen LogP contribution is -2.25. The lowest BCUT2D eigenvalue weighted by Gasteiger charge is -2.07. The monoisotopic (exact) mass is 399 g/mol. The van der Waals surface area contributed by atoms with E-state index in [0.29, 0.717) is 41.2 Å². The maximum absolute atomic E-state index is 13.0. The van der Waals surface area contributed by atoms with Gasteiger partial charge in [0.25, 0.3) is 11.1 Å².